The lowest BCUT2D eigenvalue weighted by Gasteiger charge is -2.28. The fourth-order valence-corrected chi connectivity index (χ4v) is 8.92. The number of hydrogen-bond acceptors (Lipinski definition) is 1. The van der Waals surface area contributed by atoms with E-state index in [0.29, 0.717) is 0 Å². The van der Waals surface area contributed by atoms with Gasteiger partial charge in [-0.15, -0.1) is 0 Å². The first-order valence-corrected chi connectivity index (χ1v) is 21.2. The SMILES string of the molecule is c1ccc(-c2cc(-c3ccccc3)cc(N(c3ccc(-c4ccc(-n5c6ccccc6c6ccccc65)cc4)cc3)c3cc(-c4ccccc4)cc(-c4ccccc4)c3)c2)cc1. The van der Waals surface area contributed by atoms with E-state index in [0.717, 1.165) is 50.6 Å². The first-order chi connectivity index (χ1) is 30.7. The molecule has 0 saturated carbocycles. The maximum atomic E-state index is 2.42. The van der Waals surface area contributed by atoms with Gasteiger partial charge in [-0.1, -0.05) is 182 Å². The number of anilines is 3. The Kier molecular flexibility index (Phi) is 9.57. The average Bonchev–Trinajstić information content (AvgIpc) is 3.70. The smallest absolute Gasteiger partial charge is 0.0541 e. The summed E-state index contributed by atoms with van der Waals surface area (Å²) in [7, 11) is 0. The van der Waals surface area contributed by atoms with Crippen molar-refractivity contribution in [2.45, 2.75) is 0 Å². The topological polar surface area (TPSA) is 8.17 Å². The van der Waals surface area contributed by atoms with E-state index in [1.165, 1.54) is 49.6 Å². The zero-order valence-corrected chi connectivity index (χ0v) is 34.1. The van der Waals surface area contributed by atoms with Gasteiger partial charge in [-0.2, -0.15) is 0 Å². The van der Waals surface area contributed by atoms with Crippen LogP contribution >= 0.6 is 0 Å². The Hall–Kier alpha value is -8.20. The molecule has 0 fully saturated rings. The van der Waals surface area contributed by atoms with Crippen LogP contribution < -0.4 is 4.90 Å². The monoisotopic (exact) mass is 790 g/mol. The summed E-state index contributed by atoms with van der Waals surface area (Å²) in [5, 5.41) is 2.53. The molecule has 62 heavy (non-hydrogen) atoms. The summed E-state index contributed by atoms with van der Waals surface area (Å²) in [5.41, 5.74) is 18.5. The van der Waals surface area contributed by atoms with Gasteiger partial charge in [0, 0.05) is 33.5 Å². The van der Waals surface area contributed by atoms with Crippen LogP contribution in [-0.2, 0) is 0 Å². The molecule has 0 bridgehead atoms. The summed E-state index contributed by atoms with van der Waals surface area (Å²) in [6.07, 6.45) is 0. The minimum absolute atomic E-state index is 1.07. The van der Waals surface area contributed by atoms with E-state index in [-0.39, 0.29) is 0 Å². The van der Waals surface area contributed by atoms with E-state index in [1.54, 1.807) is 0 Å². The zero-order chi connectivity index (χ0) is 41.2. The quantitative estimate of drug-likeness (QED) is 0.141. The lowest BCUT2D eigenvalue weighted by atomic mass is 9.95. The van der Waals surface area contributed by atoms with Crippen LogP contribution in [0.3, 0.4) is 0 Å². The van der Waals surface area contributed by atoms with Crippen molar-refractivity contribution in [2.24, 2.45) is 0 Å². The van der Waals surface area contributed by atoms with Crippen molar-refractivity contribution in [1.82, 2.24) is 4.57 Å². The summed E-state index contributed by atoms with van der Waals surface area (Å²) in [6.45, 7) is 0. The van der Waals surface area contributed by atoms with E-state index in [9.17, 15) is 0 Å². The second kappa shape index (κ2) is 16.1. The molecule has 0 aliphatic carbocycles. The van der Waals surface area contributed by atoms with Crippen molar-refractivity contribution in [3.8, 4) is 61.3 Å². The molecule has 0 aliphatic heterocycles. The lowest BCUT2D eigenvalue weighted by molar-refractivity contribution is 1.18. The van der Waals surface area contributed by atoms with Crippen molar-refractivity contribution in [1.29, 1.82) is 0 Å². The Labute approximate surface area is 362 Å². The Morgan fingerprint density at radius 3 is 0.903 bits per heavy atom. The van der Waals surface area contributed by atoms with Crippen LogP contribution in [0.15, 0.2) is 255 Å². The molecule has 0 amide bonds. The molecule has 292 valence electrons. The molecule has 0 radical (unpaired) electrons. The van der Waals surface area contributed by atoms with Crippen LogP contribution in [0, 0.1) is 0 Å². The molecular formula is C60H42N2. The summed E-state index contributed by atoms with van der Waals surface area (Å²) in [6, 6.07) is 92.2. The van der Waals surface area contributed by atoms with Gasteiger partial charge in [-0.05, 0) is 128 Å². The molecule has 0 unspecified atom stereocenters. The minimum atomic E-state index is 1.07. The van der Waals surface area contributed by atoms with Crippen LogP contribution in [0.2, 0.25) is 0 Å². The van der Waals surface area contributed by atoms with Gasteiger partial charge in [-0.25, -0.2) is 0 Å². The van der Waals surface area contributed by atoms with Crippen LogP contribution in [-0.4, -0.2) is 4.57 Å². The first kappa shape index (κ1) is 36.8. The fraction of sp³-hybridized carbons (Fsp3) is 0. The molecule has 10 aromatic carbocycles. The molecule has 0 saturated heterocycles. The van der Waals surface area contributed by atoms with Gasteiger partial charge in [0.2, 0.25) is 0 Å². The van der Waals surface area contributed by atoms with Crippen LogP contribution in [0.4, 0.5) is 17.1 Å². The predicted molar refractivity (Wildman–Crippen MR) is 263 cm³/mol. The van der Waals surface area contributed by atoms with Gasteiger partial charge < -0.3 is 9.47 Å². The number of rotatable bonds is 9. The number of aromatic nitrogens is 1. The minimum Gasteiger partial charge on any atom is -0.310 e. The van der Waals surface area contributed by atoms with E-state index in [2.05, 4.69) is 264 Å². The molecule has 2 heteroatoms. The molecule has 0 N–H and O–H groups in total. The van der Waals surface area contributed by atoms with Gasteiger partial charge >= 0.3 is 0 Å². The van der Waals surface area contributed by atoms with Crippen molar-refractivity contribution >= 4 is 38.9 Å². The maximum Gasteiger partial charge on any atom is 0.0541 e. The third-order valence-corrected chi connectivity index (χ3v) is 11.9. The Bertz CT molecular complexity index is 3000. The maximum absolute atomic E-state index is 2.42. The first-order valence-electron chi connectivity index (χ1n) is 21.2. The van der Waals surface area contributed by atoms with Gasteiger partial charge in [0.05, 0.1) is 11.0 Å². The van der Waals surface area contributed by atoms with Crippen molar-refractivity contribution in [2.75, 3.05) is 4.90 Å². The van der Waals surface area contributed by atoms with E-state index >= 15 is 0 Å². The average molecular weight is 791 g/mol. The summed E-state index contributed by atoms with van der Waals surface area (Å²) in [5.74, 6) is 0. The van der Waals surface area contributed by atoms with Crippen molar-refractivity contribution in [3.63, 3.8) is 0 Å². The highest BCUT2D eigenvalue weighted by Gasteiger charge is 2.19. The highest BCUT2D eigenvalue weighted by molar-refractivity contribution is 6.09. The molecule has 0 aliphatic rings. The van der Waals surface area contributed by atoms with Crippen LogP contribution in [0.1, 0.15) is 0 Å². The summed E-state index contributed by atoms with van der Waals surface area (Å²) >= 11 is 0. The standard InChI is InChI=1S/C60H42N2/c1-5-17-43(18-6-1)49-37-50(44-19-7-2-8-20-44)40-55(39-49)61(56-41-51(45-21-9-3-10-22-45)38-52(42-56)46-23-11-4-12-24-46)53-33-29-47(30-34-53)48-31-35-54(36-32-48)62-59-27-15-13-25-57(59)58-26-14-16-28-60(58)62/h1-42H. The zero-order valence-electron chi connectivity index (χ0n) is 34.1. The van der Waals surface area contributed by atoms with Crippen LogP contribution in [0.25, 0.3) is 83.1 Å². The molecule has 0 atom stereocenters. The third kappa shape index (κ3) is 7.04. The molecule has 2 nitrogen and oxygen atoms in total. The lowest BCUT2D eigenvalue weighted by Crippen LogP contribution is -2.11. The van der Waals surface area contributed by atoms with E-state index < -0.39 is 0 Å². The van der Waals surface area contributed by atoms with E-state index in [4.69, 9.17) is 0 Å². The number of fused-ring (bicyclic) bond motifs is 3. The number of benzene rings is 10. The molecular weight excluding hydrogens is 749 g/mol. The second-order valence-electron chi connectivity index (χ2n) is 15.8. The van der Waals surface area contributed by atoms with E-state index in [1.807, 2.05) is 0 Å². The summed E-state index contributed by atoms with van der Waals surface area (Å²) < 4.78 is 2.37. The summed E-state index contributed by atoms with van der Waals surface area (Å²) in [4.78, 5) is 2.42. The van der Waals surface area contributed by atoms with Gasteiger partial charge in [0.15, 0.2) is 0 Å². The Morgan fingerprint density at radius 1 is 0.226 bits per heavy atom. The molecule has 1 aromatic heterocycles. The van der Waals surface area contributed by atoms with Crippen molar-refractivity contribution < 1.29 is 0 Å². The molecule has 0 spiro atoms. The van der Waals surface area contributed by atoms with Crippen LogP contribution in [0.5, 0.6) is 0 Å². The predicted octanol–water partition coefficient (Wildman–Crippen LogP) is 16.6. The Balaban J connectivity index is 1.06. The van der Waals surface area contributed by atoms with Gasteiger partial charge in [0.25, 0.3) is 0 Å². The van der Waals surface area contributed by atoms with Gasteiger partial charge in [-0.3, -0.25) is 0 Å². The molecule has 11 aromatic rings. The third-order valence-electron chi connectivity index (χ3n) is 11.9. The second-order valence-corrected chi connectivity index (χ2v) is 15.8. The largest absolute Gasteiger partial charge is 0.310 e. The normalized spacial score (nSPS) is 11.2. The number of para-hydroxylation sites is 2. The Morgan fingerprint density at radius 2 is 0.532 bits per heavy atom. The van der Waals surface area contributed by atoms with Gasteiger partial charge in [0.1, 0.15) is 0 Å². The molecule has 1 heterocycles. The highest BCUT2D eigenvalue weighted by Crippen LogP contribution is 2.43. The fourth-order valence-electron chi connectivity index (χ4n) is 8.92. The number of nitrogens with zero attached hydrogens (tertiary/aromatic N) is 2. The number of hydrogen-bond donors (Lipinski definition) is 0. The van der Waals surface area contributed by atoms with Crippen molar-refractivity contribution in [3.05, 3.63) is 255 Å². The molecule has 11 rings (SSSR count). The highest BCUT2D eigenvalue weighted by atomic mass is 15.1.